The Kier molecular flexibility index (Phi) is 6.28. The minimum Gasteiger partial charge on any atom is -0.376 e. The van der Waals surface area contributed by atoms with E-state index in [1.807, 2.05) is 0 Å². The van der Waals surface area contributed by atoms with Gasteiger partial charge in [-0.2, -0.15) is 5.10 Å². The Morgan fingerprint density at radius 1 is 1.29 bits per heavy atom. The summed E-state index contributed by atoms with van der Waals surface area (Å²) in [7, 11) is 0. The van der Waals surface area contributed by atoms with E-state index >= 15 is 0 Å². The summed E-state index contributed by atoms with van der Waals surface area (Å²) in [6.45, 7) is 0.0421. The topological polar surface area (TPSA) is 96.6 Å². The van der Waals surface area contributed by atoms with Gasteiger partial charge in [0.2, 0.25) is 0 Å². The van der Waals surface area contributed by atoms with Crippen molar-refractivity contribution >= 4 is 51.0 Å². The molecule has 0 heterocycles. The van der Waals surface area contributed by atoms with E-state index in [1.165, 1.54) is 24.4 Å². The van der Waals surface area contributed by atoms with Crippen molar-refractivity contribution in [2.45, 2.75) is 0 Å². The van der Waals surface area contributed by atoms with Gasteiger partial charge in [0.15, 0.2) is 0 Å². The quantitative estimate of drug-likeness (QED) is 0.431. The van der Waals surface area contributed by atoms with Crippen molar-refractivity contribution in [3.8, 4) is 0 Å². The van der Waals surface area contributed by atoms with Crippen molar-refractivity contribution in [1.82, 2.24) is 5.43 Å². The molecule has 7 nitrogen and oxygen atoms in total. The number of nitro groups is 1. The fourth-order valence-corrected chi connectivity index (χ4v) is 2.29. The standard InChI is InChI=1S/C15H12BrClN4O3/c16-14-7-13(21(23)24)6-1-10(14)8-19-20-15(22)9-18-12-4-2-11(17)3-5-12/h1-8,18H,9H2,(H,20,22)/b19-8-. The summed E-state index contributed by atoms with van der Waals surface area (Å²) in [6.07, 6.45) is 1.40. The molecule has 0 saturated carbocycles. The maximum atomic E-state index is 11.7. The Balaban J connectivity index is 1.86. The van der Waals surface area contributed by atoms with Gasteiger partial charge in [-0.3, -0.25) is 14.9 Å². The third-order valence-corrected chi connectivity index (χ3v) is 3.82. The molecule has 0 radical (unpaired) electrons. The summed E-state index contributed by atoms with van der Waals surface area (Å²) in [5.41, 5.74) is 3.70. The van der Waals surface area contributed by atoms with Gasteiger partial charge in [0.05, 0.1) is 17.7 Å². The van der Waals surface area contributed by atoms with E-state index in [1.54, 1.807) is 24.3 Å². The van der Waals surface area contributed by atoms with E-state index in [4.69, 9.17) is 11.6 Å². The molecule has 2 aromatic carbocycles. The number of nitrogens with one attached hydrogen (secondary N) is 2. The molecule has 124 valence electrons. The third kappa shape index (κ3) is 5.32. The van der Waals surface area contributed by atoms with Gasteiger partial charge in [-0.15, -0.1) is 0 Å². The molecule has 24 heavy (non-hydrogen) atoms. The van der Waals surface area contributed by atoms with Crippen LogP contribution in [0.4, 0.5) is 11.4 Å². The fraction of sp³-hybridized carbons (Fsp3) is 0.0667. The van der Waals surface area contributed by atoms with Crippen LogP contribution >= 0.6 is 27.5 Å². The van der Waals surface area contributed by atoms with Gasteiger partial charge in [0.25, 0.3) is 11.6 Å². The number of nitro benzene ring substituents is 1. The first kappa shape index (κ1) is 17.9. The average molecular weight is 412 g/mol. The minimum atomic E-state index is -0.490. The molecule has 0 fully saturated rings. The number of rotatable bonds is 6. The van der Waals surface area contributed by atoms with E-state index < -0.39 is 4.92 Å². The van der Waals surface area contributed by atoms with Crippen LogP contribution in [0.2, 0.25) is 5.02 Å². The normalized spacial score (nSPS) is 10.6. The Morgan fingerprint density at radius 3 is 2.62 bits per heavy atom. The fourth-order valence-electron chi connectivity index (χ4n) is 1.70. The summed E-state index contributed by atoms with van der Waals surface area (Å²) < 4.78 is 0.508. The lowest BCUT2D eigenvalue weighted by atomic mass is 10.2. The molecule has 0 atom stereocenters. The van der Waals surface area contributed by atoms with Gasteiger partial charge in [0.1, 0.15) is 0 Å². The molecule has 0 unspecified atom stereocenters. The Morgan fingerprint density at radius 2 is 2.00 bits per heavy atom. The number of hydrazone groups is 1. The predicted molar refractivity (Wildman–Crippen MR) is 96.5 cm³/mol. The number of anilines is 1. The molecule has 0 aromatic heterocycles. The van der Waals surface area contributed by atoms with E-state index in [0.717, 1.165) is 5.69 Å². The second kappa shape index (κ2) is 8.42. The zero-order chi connectivity index (χ0) is 17.5. The van der Waals surface area contributed by atoms with Gasteiger partial charge >= 0.3 is 0 Å². The van der Waals surface area contributed by atoms with Crippen LogP contribution in [0.15, 0.2) is 52.0 Å². The Bertz CT molecular complexity index is 781. The van der Waals surface area contributed by atoms with Crippen LogP contribution in [-0.4, -0.2) is 23.6 Å². The van der Waals surface area contributed by atoms with Crippen LogP contribution < -0.4 is 10.7 Å². The molecule has 0 aliphatic heterocycles. The number of carbonyl (C=O) groups excluding carboxylic acids is 1. The summed E-state index contributed by atoms with van der Waals surface area (Å²) in [5, 5.41) is 18.0. The van der Waals surface area contributed by atoms with Crippen molar-refractivity contribution in [1.29, 1.82) is 0 Å². The number of hydrogen-bond donors (Lipinski definition) is 2. The van der Waals surface area contributed by atoms with Crippen molar-refractivity contribution in [2.24, 2.45) is 5.10 Å². The molecule has 2 rings (SSSR count). The van der Waals surface area contributed by atoms with Crippen LogP contribution in [0.5, 0.6) is 0 Å². The van der Waals surface area contributed by atoms with Crippen LogP contribution in [-0.2, 0) is 4.79 Å². The summed E-state index contributed by atoms with van der Waals surface area (Å²) >= 11 is 8.99. The average Bonchev–Trinajstić information content (AvgIpc) is 2.55. The highest BCUT2D eigenvalue weighted by Gasteiger charge is 2.07. The highest BCUT2D eigenvalue weighted by Crippen LogP contribution is 2.21. The Hall–Kier alpha value is -2.45. The van der Waals surface area contributed by atoms with Gasteiger partial charge < -0.3 is 5.32 Å². The number of benzene rings is 2. The van der Waals surface area contributed by atoms with Crippen molar-refractivity contribution < 1.29 is 9.72 Å². The monoisotopic (exact) mass is 410 g/mol. The first-order valence-corrected chi connectivity index (χ1v) is 7.88. The highest BCUT2D eigenvalue weighted by molar-refractivity contribution is 9.10. The number of carbonyl (C=O) groups is 1. The predicted octanol–water partition coefficient (Wildman–Crippen LogP) is 3.57. The second-order valence-electron chi connectivity index (χ2n) is 4.62. The number of hydrogen-bond acceptors (Lipinski definition) is 5. The summed E-state index contributed by atoms with van der Waals surface area (Å²) in [5.74, 6) is -0.334. The largest absolute Gasteiger partial charge is 0.376 e. The third-order valence-electron chi connectivity index (χ3n) is 2.89. The van der Waals surface area contributed by atoms with Gasteiger partial charge in [0, 0.05) is 32.9 Å². The number of halogens is 2. The molecule has 9 heteroatoms. The first-order valence-electron chi connectivity index (χ1n) is 6.71. The maximum Gasteiger partial charge on any atom is 0.270 e. The van der Waals surface area contributed by atoms with Crippen molar-refractivity contribution in [3.63, 3.8) is 0 Å². The first-order chi connectivity index (χ1) is 11.5. The SMILES string of the molecule is O=C(CNc1ccc(Cl)cc1)N/N=C\c1ccc([N+](=O)[O-])cc1Br. The lowest BCUT2D eigenvalue weighted by Gasteiger charge is -2.05. The van der Waals surface area contributed by atoms with Gasteiger partial charge in [-0.25, -0.2) is 5.43 Å². The molecule has 0 spiro atoms. The van der Waals surface area contributed by atoms with E-state index in [9.17, 15) is 14.9 Å². The number of non-ortho nitro benzene ring substituents is 1. The van der Waals surface area contributed by atoms with E-state index in [0.29, 0.717) is 15.1 Å². The zero-order valence-electron chi connectivity index (χ0n) is 12.2. The van der Waals surface area contributed by atoms with Crippen LogP contribution in [0.1, 0.15) is 5.56 Å². The van der Waals surface area contributed by atoms with Gasteiger partial charge in [-0.1, -0.05) is 11.6 Å². The zero-order valence-corrected chi connectivity index (χ0v) is 14.5. The molecule has 0 aliphatic carbocycles. The van der Waals surface area contributed by atoms with Crippen molar-refractivity contribution in [3.05, 3.63) is 67.6 Å². The second-order valence-corrected chi connectivity index (χ2v) is 5.91. The summed E-state index contributed by atoms with van der Waals surface area (Å²) in [6, 6.07) is 11.2. The molecule has 0 aliphatic rings. The van der Waals surface area contributed by atoms with E-state index in [-0.39, 0.29) is 18.1 Å². The van der Waals surface area contributed by atoms with Crippen LogP contribution in [0, 0.1) is 10.1 Å². The minimum absolute atomic E-state index is 0.0322. The lowest BCUT2D eigenvalue weighted by Crippen LogP contribution is -2.25. The lowest BCUT2D eigenvalue weighted by molar-refractivity contribution is -0.384. The van der Waals surface area contributed by atoms with Crippen LogP contribution in [0.3, 0.4) is 0 Å². The number of nitrogens with zero attached hydrogens (tertiary/aromatic N) is 2. The molecule has 0 bridgehead atoms. The Labute approximate surface area is 151 Å². The van der Waals surface area contributed by atoms with Crippen molar-refractivity contribution in [2.75, 3.05) is 11.9 Å². The van der Waals surface area contributed by atoms with Gasteiger partial charge in [-0.05, 0) is 46.3 Å². The number of amides is 1. The van der Waals surface area contributed by atoms with Crippen LogP contribution in [0.25, 0.3) is 0 Å². The molecule has 1 amide bonds. The molecular weight excluding hydrogens is 400 g/mol. The molecule has 2 aromatic rings. The molecule has 2 N–H and O–H groups in total. The highest BCUT2D eigenvalue weighted by atomic mass is 79.9. The maximum absolute atomic E-state index is 11.7. The summed E-state index contributed by atoms with van der Waals surface area (Å²) in [4.78, 5) is 21.9. The smallest absolute Gasteiger partial charge is 0.270 e. The van der Waals surface area contributed by atoms with E-state index in [2.05, 4.69) is 31.8 Å². The molecule has 0 saturated heterocycles. The molecular formula is C15H12BrClN4O3.